The van der Waals surface area contributed by atoms with Crippen LogP contribution < -0.4 is 4.74 Å². The van der Waals surface area contributed by atoms with Gasteiger partial charge in [0.05, 0.1) is 7.11 Å². The molecule has 0 amide bonds. The number of aromatic nitrogens is 3. The Balaban J connectivity index is 2.14. The third-order valence-corrected chi connectivity index (χ3v) is 3.78. The molecule has 24 heavy (non-hydrogen) atoms. The summed E-state index contributed by atoms with van der Waals surface area (Å²) in [6.45, 7) is 0. The highest BCUT2D eigenvalue weighted by atomic mass is 35.6. The molecule has 0 aliphatic heterocycles. The molecule has 2 aromatic carbocycles. The van der Waals surface area contributed by atoms with Crippen LogP contribution in [0.2, 0.25) is 0 Å². The van der Waals surface area contributed by atoms with E-state index in [2.05, 4.69) is 15.0 Å². The Morgan fingerprint density at radius 3 is 1.79 bits per heavy atom. The highest BCUT2D eigenvalue weighted by Gasteiger charge is 2.28. The molecule has 0 radical (unpaired) electrons. The van der Waals surface area contributed by atoms with Gasteiger partial charge in [0.15, 0.2) is 17.5 Å². The van der Waals surface area contributed by atoms with E-state index >= 15 is 0 Å². The van der Waals surface area contributed by atoms with Crippen molar-refractivity contribution in [1.82, 2.24) is 15.0 Å². The lowest BCUT2D eigenvalue weighted by molar-refractivity contribution is 0.415. The van der Waals surface area contributed by atoms with Crippen molar-refractivity contribution in [2.24, 2.45) is 0 Å². The van der Waals surface area contributed by atoms with Crippen molar-refractivity contribution < 1.29 is 4.74 Å². The van der Waals surface area contributed by atoms with Crippen molar-refractivity contribution >= 4 is 34.8 Å². The van der Waals surface area contributed by atoms with Gasteiger partial charge in [0.25, 0.3) is 0 Å². The van der Waals surface area contributed by atoms with E-state index in [4.69, 9.17) is 39.5 Å². The lowest BCUT2D eigenvalue weighted by atomic mass is 10.2. The van der Waals surface area contributed by atoms with Crippen LogP contribution in [0.4, 0.5) is 0 Å². The van der Waals surface area contributed by atoms with Crippen LogP contribution in [0, 0.1) is 0 Å². The smallest absolute Gasteiger partial charge is 0.250 e. The first-order valence-corrected chi connectivity index (χ1v) is 8.14. The van der Waals surface area contributed by atoms with Crippen molar-refractivity contribution in [3.8, 4) is 28.5 Å². The van der Waals surface area contributed by atoms with Crippen LogP contribution in [-0.4, -0.2) is 22.1 Å². The molecular weight excluding hydrogens is 369 g/mol. The fraction of sp³-hybridized carbons (Fsp3) is 0.118. The summed E-state index contributed by atoms with van der Waals surface area (Å²) in [5, 5.41) is 0. The monoisotopic (exact) mass is 379 g/mol. The molecule has 0 spiro atoms. The van der Waals surface area contributed by atoms with Gasteiger partial charge in [-0.15, -0.1) is 0 Å². The topological polar surface area (TPSA) is 47.9 Å². The number of hydrogen-bond donors (Lipinski definition) is 0. The number of benzene rings is 2. The standard InChI is InChI=1S/C17H12Cl3N3O/c1-24-13-9-7-12(8-10-13)15-21-14(11-5-3-2-4-6-11)22-16(23-15)17(18,19)20/h2-10H,1H3. The SMILES string of the molecule is COc1ccc(-c2nc(-c3ccccc3)nc(C(Cl)(Cl)Cl)n2)cc1. The first kappa shape index (κ1) is 17.0. The Hall–Kier alpha value is -1.88. The maximum atomic E-state index is 5.98. The van der Waals surface area contributed by atoms with Gasteiger partial charge in [-0.3, -0.25) is 0 Å². The summed E-state index contributed by atoms with van der Waals surface area (Å²) in [5.41, 5.74) is 1.58. The molecule has 0 saturated heterocycles. The molecule has 0 unspecified atom stereocenters. The second-order valence-electron chi connectivity index (χ2n) is 4.90. The summed E-state index contributed by atoms with van der Waals surface area (Å²) in [6.07, 6.45) is 0. The van der Waals surface area contributed by atoms with Crippen LogP contribution in [0.3, 0.4) is 0 Å². The summed E-state index contributed by atoms with van der Waals surface area (Å²) in [5.74, 6) is 1.68. The van der Waals surface area contributed by atoms with Gasteiger partial charge in [-0.2, -0.15) is 0 Å². The molecule has 0 N–H and O–H groups in total. The summed E-state index contributed by atoms with van der Waals surface area (Å²) in [4.78, 5) is 13.1. The minimum atomic E-state index is -1.74. The van der Waals surface area contributed by atoms with Crippen LogP contribution in [0.1, 0.15) is 5.82 Å². The van der Waals surface area contributed by atoms with Crippen LogP contribution >= 0.6 is 34.8 Å². The molecule has 0 saturated carbocycles. The number of hydrogen-bond acceptors (Lipinski definition) is 4. The quantitative estimate of drug-likeness (QED) is 0.597. The Labute approximate surface area is 154 Å². The van der Waals surface area contributed by atoms with Gasteiger partial charge in [-0.1, -0.05) is 65.1 Å². The molecule has 0 aliphatic rings. The van der Waals surface area contributed by atoms with Crippen molar-refractivity contribution in [3.05, 3.63) is 60.4 Å². The Morgan fingerprint density at radius 1 is 0.750 bits per heavy atom. The molecule has 0 bridgehead atoms. The predicted octanol–water partition coefficient (Wildman–Crippen LogP) is 5.04. The van der Waals surface area contributed by atoms with Crippen LogP contribution in [0.25, 0.3) is 22.8 Å². The Bertz CT molecular complexity index is 834. The molecule has 3 rings (SSSR count). The summed E-state index contributed by atoms with van der Waals surface area (Å²) >= 11 is 17.9. The zero-order valence-electron chi connectivity index (χ0n) is 12.6. The van der Waals surface area contributed by atoms with E-state index in [-0.39, 0.29) is 5.82 Å². The zero-order valence-corrected chi connectivity index (χ0v) is 14.8. The van der Waals surface area contributed by atoms with Gasteiger partial charge >= 0.3 is 0 Å². The first-order chi connectivity index (χ1) is 11.5. The molecule has 0 aliphatic carbocycles. The van der Waals surface area contributed by atoms with E-state index < -0.39 is 3.79 Å². The minimum absolute atomic E-state index is 0.0761. The third kappa shape index (κ3) is 3.78. The second kappa shape index (κ2) is 6.93. The van der Waals surface area contributed by atoms with Crippen LogP contribution in [-0.2, 0) is 3.79 Å². The van der Waals surface area contributed by atoms with E-state index in [1.807, 2.05) is 54.6 Å². The van der Waals surface area contributed by atoms with Crippen molar-refractivity contribution in [3.63, 3.8) is 0 Å². The van der Waals surface area contributed by atoms with Crippen LogP contribution in [0.5, 0.6) is 5.75 Å². The van der Waals surface area contributed by atoms with E-state index in [0.717, 1.165) is 16.9 Å². The van der Waals surface area contributed by atoms with E-state index in [0.29, 0.717) is 11.6 Å². The second-order valence-corrected chi connectivity index (χ2v) is 7.18. The average molecular weight is 381 g/mol. The van der Waals surface area contributed by atoms with E-state index in [9.17, 15) is 0 Å². The highest BCUT2D eigenvalue weighted by molar-refractivity contribution is 6.66. The Kier molecular flexibility index (Phi) is 4.90. The fourth-order valence-corrected chi connectivity index (χ4v) is 2.34. The predicted molar refractivity (Wildman–Crippen MR) is 96.5 cm³/mol. The van der Waals surface area contributed by atoms with E-state index in [1.54, 1.807) is 7.11 Å². The molecule has 0 atom stereocenters. The van der Waals surface area contributed by atoms with Gasteiger partial charge in [-0.05, 0) is 24.3 Å². The van der Waals surface area contributed by atoms with Gasteiger partial charge in [0, 0.05) is 11.1 Å². The number of ether oxygens (including phenoxy) is 1. The number of rotatable bonds is 3. The van der Waals surface area contributed by atoms with Gasteiger partial charge in [0.1, 0.15) is 5.75 Å². The van der Waals surface area contributed by atoms with E-state index in [1.165, 1.54) is 0 Å². The normalized spacial score (nSPS) is 11.3. The molecular formula is C17H12Cl3N3O. The van der Waals surface area contributed by atoms with Crippen molar-refractivity contribution in [2.75, 3.05) is 7.11 Å². The molecule has 7 heteroatoms. The molecule has 1 heterocycles. The number of nitrogens with zero attached hydrogens (tertiary/aromatic N) is 3. The molecule has 122 valence electrons. The number of halogens is 3. The molecule has 4 nitrogen and oxygen atoms in total. The molecule has 0 fully saturated rings. The summed E-state index contributed by atoms with van der Waals surface area (Å²) in [6, 6.07) is 16.8. The highest BCUT2D eigenvalue weighted by Crippen LogP contribution is 2.37. The average Bonchev–Trinajstić information content (AvgIpc) is 2.61. The fourth-order valence-electron chi connectivity index (χ4n) is 2.09. The van der Waals surface area contributed by atoms with Gasteiger partial charge in [-0.25, -0.2) is 15.0 Å². The largest absolute Gasteiger partial charge is 0.497 e. The van der Waals surface area contributed by atoms with Crippen molar-refractivity contribution in [2.45, 2.75) is 3.79 Å². The molecule has 1 aromatic heterocycles. The van der Waals surface area contributed by atoms with Crippen LogP contribution in [0.15, 0.2) is 54.6 Å². The maximum Gasteiger partial charge on any atom is 0.250 e. The zero-order chi connectivity index (χ0) is 17.2. The van der Waals surface area contributed by atoms with Gasteiger partial charge < -0.3 is 4.74 Å². The number of methoxy groups -OCH3 is 1. The maximum absolute atomic E-state index is 5.98. The Morgan fingerprint density at radius 2 is 1.29 bits per heavy atom. The van der Waals surface area contributed by atoms with Gasteiger partial charge in [0.2, 0.25) is 3.79 Å². The lowest BCUT2D eigenvalue weighted by Crippen LogP contribution is -2.11. The van der Waals surface area contributed by atoms with Crippen molar-refractivity contribution in [1.29, 1.82) is 0 Å². The molecule has 3 aromatic rings. The first-order valence-electron chi connectivity index (χ1n) is 7.00. The summed E-state index contributed by atoms with van der Waals surface area (Å²) < 4.78 is 3.42. The minimum Gasteiger partial charge on any atom is -0.497 e. The number of alkyl halides is 3. The summed E-state index contributed by atoms with van der Waals surface area (Å²) in [7, 11) is 1.60. The lowest BCUT2D eigenvalue weighted by Gasteiger charge is -2.12. The third-order valence-electron chi connectivity index (χ3n) is 3.27.